The van der Waals surface area contributed by atoms with Crippen LogP contribution >= 0.6 is 0 Å². The molecular formula is C31H42N6O2. The fourth-order valence-electron chi connectivity index (χ4n) is 6.03. The molecule has 0 aliphatic carbocycles. The number of ether oxygens (including phenoxy) is 1. The first-order valence-electron chi connectivity index (χ1n) is 14.0. The summed E-state index contributed by atoms with van der Waals surface area (Å²) in [5, 5.41) is 7.23. The Hall–Kier alpha value is -3.20. The zero-order valence-corrected chi connectivity index (χ0v) is 24.3. The molecule has 4 aromatic rings. The Kier molecular flexibility index (Phi) is 8.07. The minimum Gasteiger partial charge on any atom is -0.493 e. The topological polar surface area (TPSA) is 65.9 Å². The van der Waals surface area contributed by atoms with Crippen LogP contribution in [0.15, 0.2) is 36.5 Å². The molecule has 8 heteroatoms. The molecule has 1 aliphatic heterocycles. The lowest BCUT2D eigenvalue weighted by molar-refractivity contribution is 0.0931. The van der Waals surface area contributed by atoms with Crippen molar-refractivity contribution in [1.29, 1.82) is 0 Å². The van der Waals surface area contributed by atoms with Crippen LogP contribution in [0.1, 0.15) is 29.4 Å². The van der Waals surface area contributed by atoms with E-state index in [-0.39, 0.29) is 11.9 Å². The standard InChI is InChI=1S/C31H42N6O2/c1-21(20-34(3)4)33-31(38)29-24-19-25-28-26(36(6)30(25)22(2)23(24)11-12-32-29)9-7-10-27(28)39-18-8-13-37-16-14-35(5)15-17-37/h7,9-12,19,21H,8,13-18,20H2,1-6H3,(H,33,38). The van der Waals surface area contributed by atoms with Gasteiger partial charge in [-0.25, -0.2) is 0 Å². The molecule has 39 heavy (non-hydrogen) atoms. The quantitative estimate of drug-likeness (QED) is 0.331. The Morgan fingerprint density at radius 1 is 1.10 bits per heavy atom. The van der Waals surface area contributed by atoms with Gasteiger partial charge in [-0.3, -0.25) is 9.78 Å². The molecule has 2 aromatic heterocycles. The van der Waals surface area contributed by atoms with E-state index in [2.05, 4.69) is 74.9 Å². The number of pyridine rings is 1. The predicted molar refractivity (Wildman–Crippen MR) is 160 cm³/mol. The van der Waals surface area contributed by atoms with Gasteiger partial charge in [0.1, 0.15) is 11.4 Å². The molecule has 1 aliphatic rings. The number of nitrogens with one attached hydrogen (secondary N) is 1. The van der Waals surface area contributed by atoms with Crippen molar-refractivity contribution in [3.63, 3.8) is 0 Å². The fraction of sp³-hybridized carbons (Fsp3) is 0.484. The molecule has 1 unspecified atom stereocenters. The molecule has 208 valence electrons. The van der Waals surface area contributed by atoms with Crippen molar-refractivity contribution < 1.29 is 9.53 Å². The number of hydrogen-bond donors (Lipinski definition) is 1. The number of fused-ring (bicyclic) bond motifs is 4. The third-order valence-electron chi connectivity index (χ3n) is 7.97. The molecule has 1 N–H and O–H groups in total. The summed E-state index contributed by atoms with van der Waals surface area (Å²) in [7, 11) is 8.31. The number of piperazine rings is 1. The second kappa shape index (κ2) is 11.5. The van der Waals surface area contributed by atoms with Gasteiger partial charge in [-0.15, -0.1) is 0 Å². The lowest BCUT2D eigenvalue weighted by atomic mass is 9.99. The lowest BCUT2D eigenvalue weighted by Crippen LogP contribution is -2.44. The largest absolute Gasteiger partial charge is 0.493 e. The summed E-state index contributed by atoms with van der Waals surface area (Å²) in [6, 6.07) is 10.4. The number of carbonyl (C=O) groups is 1. The summed E-state index contributed by atoms with van der Waals surface area (Å²) < 4.78 is 8.67. The van der Waals surface area contributed by atoms with E-state index < -0.39 is 0 Å². The number of nitrogens with zero attached hydrogens (tertiary/aromatic N) is 5. The molecule has 0 radical (unpaired) electrons. The summed E-state index contributed by atoms with van der Waals surface area (Å²) >= 11 is 0. The molecule has 0 spiro atoms. The van der Waals surface area contributed by atoms with Crippen LogP contribution in [0.2, 0.25) is 0 Å². The van der Waals surface area contributed by atoms with Crippen molar-refractivity contribution in [2.75, 3.05) is 67.0 Å². The van der Waals surface area contributed by atoms with Gasteiger partial charge < -0.3 is 29.3 Å². The molecule has 1 amide bonds. The Morgan fingerprint density at radius 3 is 2.62 bits per heavy atom. The number of likely N-dealkylation sites (N-methyl/N-ethyl adjacent to an activating group) is 2. The Balaban J connectivity index is 1.48. The summed E-state index contributed by atoms with van der Waals surface area (Å²) in [4.78, 5) is 24.8. The second-order valence-electron chi connectivity index (χ2n) is 11.3. The minimum atomic E-state index is -0.144. The molecular weight excluding hydrogens is 488 g/mol. The lowest BCUT2D eigenvalue weighted by Gasteiger charge is -2.32. The Bertz CT molecular complexity index is 1490. The molecule has 8 nitrogen and oxygen atoms in total. The van der Waals surface area contributed by atoms with Crippen molar-refractivity contribution >= 4 is 38.5 Å². The smallest absolute Gasteiger partial charge is 0.270 e. The molecule has 2 aromatic carbocycles. The number of carbonyl (C=O) groups excluding carboxylic acids is 1. The van der Waals surface area contributed by atoms with Gasteiger partial charge in [-0.1, -0.05) is 6.07 Å². The maximum Gasteiger partial charge on any atom is 0.270 e. The molecule has 0 saturated carbocycles. The molecule has 5 rings (SSSR count). The van der Waals surface area contributed by atoms with Crippen molar-refractivity contribution in [2.24, 2.45) is 7.05 Å². The SMILES string of the molecule is Cc1c2ccnc(C(=O)NC(C)CN(C)C)c2cc2c3c(OCCCN4CCN(C)CC4)cccc3n(C)c12. The zero-order valence-electron chi connectivity index (χ0n) is 24.3. The first-order valence-corrected chi connectivity index (χ1v) is 14.0. The highest BCUT2D eigenvalue weighted by atomic mass is 16.5. The van der Waals surface area contributed by atoms with Crippen molar-refractivity contribution in [3.05, 3.63) is 47.8 Å². The van der Waals surface area contributed by atoms with E-state index in [1.54, 1.807) is 6.20 Å². The number of aryl methyl sites for hydroxylation is 2. The average molecular weight is 531 g/mol. The first-order chi connectivity index (χ1) is 18.7. The van der Waals surface area contributed by atoms with Crippen LogP contribution in [-0.2, 0) is 7.05 Å². The molecule has 0 bridgehead atoms. The Morgan fingerprint density at radius 2 is 1.87 bits per heavy atom. The second-order valence-corrected chi connectivity index (χ2v) is 11.3. The molecule has 1 saturated heterocycles. The zero-order chi connectivity index (χ0) is 27.7. The monoisotopic (exact) mass is 530 g/mol. The van der Waals surface area contributed by atoms with Crippen LogP contribution in [-0.4, -0.2) is 103 Å². The molecule has 3 heterocycles. The summed E-state index contributed by atoms with van der Waals surface area (Å²) in [5.41, 5.74) is 3.88. The van der Waals surface area contributed by atoms with E-state index in [1.807, 2.05) is 27.1 Å². The van der Waals surface area contributed by atoms with Crippen LogP contribution < -0.4 is 10.1 Å². The Labute approximate surface area is 231 Å². The highest BCUT2D eigenvalue weighted by Crippen LogP contribution is 2.39. The van der Waals surface area contributed by atoms with Crippen molar-refractivity contribution in [2.45, 2.75) is 26.3 Å². The van der Waals surface area contributed by atoms with Crippen LogP contribution in [0.4, 0.5) is 0 Å². The summed E-state index contributed by atoms with van der Waals surface area (Å²) in [5.74, 6) is 0.749. The highest BCUT2D eigenvalue weighted by Gasteiger charge is 2.21. The van der Waals surface area contributed by atoms with Crippen molar-refractivity contribution in [3.8, 4) is 5.75 Å². The number of aromatic nitrogens is 2. The molecule has 1 fully saturated rings. The van der Waals surface area contributed by atoms with Crippen LogP contribution in [0.5, 0.6) is 5.75 Å². The third kappa shape index (κ3) is 5.60. The number of hydrogen-bond acceptors (Lipinski definition) is 6. The van der Waals surface area contributed by atoms with E-state index in [1.165, 1.54) is 0 Å². The van der Waals surface area contributed by atoms with Gasteiger partial charge in [0.15, 0.2) is 0 Å². The first kappa shape index (κ1) is 27.4. The third-order valence-corrected chi connectivity index (χ3v) is 7.97. The maximum atomic E-state index is 13.3. The van der Waals surface area contributed by atoms with E-state index in [9.17, 15) is 4.79 Å². The molecule has 1 atom stereocenters. The number of amides is 1. The average Bonchev–Trinajstić information content (AvgIpc) is 3.19. The predicted octanol–water partition coefficient (Wildman–Crippen LogP) is 3.88. The van der Waals surface area contributed by atoms with Crippen LogP contribution in [0.25, 0.3) is 32.6 Å². The normalized spacial score (nSPS) is 16.0. The minimum absolute atomic E-state index is 0.0118. The highest BCUT2D eigenvalue weighted by molar-refractivity contribution is 6.19. The van der Waals surface area contributed by atoms with E-state index in [4.69, 9.17) is 4.74 Å². The van der Waals surface area contributed by atoms with E-state index in [0.717, 1.165) is 89.6 Å². The van der Waals surface area contributed by atoms with Crippen molar-refractivity contribution in [1.82, 2.24) is 29.6 Å². The number of rotatable bonds is 9. The number of benzene rings is 2. The summed E-state index contributed by atoms with van der Waals surface area (Å²) in [6.45, 7) is 11.2. The van der Waals surface area contributed by atoms with Gasteiger partial charge in [0.2, 0.25) is 0 Å². The van der Waals surface area contributed by atoms with Gasteiger partial charge in [-0.2, -0.15) is 0 Å². The van der Waals surface area contributed by atoms with E-state index in [0.29, 0.717) is 12.3 Å². The van der Waals surface area contributed by atoms with Gasteiger partial charge in [-0.05, 0) is 76.6 Å². The van der Waals surface area contributed by atoms with Crippen LogP contribution in [0.3, 0.4) is 0 Å². The fourth-order valence-corrected chi connectivity index (χ4v) is 6.03. The van der Waals surface area contributed by atoms with Crippen LogP contribution in [0, 0.1) is 6.92 Å². The maximum absolute atomic E-state index is 13.3. The summed E-state index contributed by atoms with van der Waals surface area (Å²) in [6.07, 6.45) is 2.73. The van der Waals surface area contributed by atoms with Gasteiger partial charge in [0, 0.05) is 74.7 Å². The van der Waals surface area contributed by atoms with Gasteiger partial charge >= 0.3 is 0 Å². The van der Waals surface area contributed by atoms with Gasteiger partial charge in [0.05, 0.1) is 17.6 Å². The van der Waals surface area contributed by atoms with Gasteiger partial charge in [0.25, 0.3) is 5.91 Å². The van der Waals surface area contributed by atoms with E-state index >= 15 is 0 Å².